The van der Waals surface area contributed by atoms with E-state index in [0.29, 0.717) is 39.3 Å². The average molecular weight is 546 g/mol. The minimum absolute atomic E-state index is 0.231. The molecule has 0 aliphatic heterocycles. The van der Waals surface area contributed by atoms with Gasteiger partial charge < -0.3 is 15.0 Å². The second kappa shape index (κ2) is 10.9. The van der Waals surface area contributed by atoms with Crippen molar-refractivity contribution in [3.63, 3.8) is 0 Å². The number of anilines is 2. The third-order valence-corrected chi connectivity index (χ3v) is 7.65. The first-order valence-electron chi connectivity index (χ1n) is 11.2. The van der Waals surface area contributed by atoms with Crippen LogP contribution in [0.5, 0.6) is 0 Å². The fourth-order valence-electron chi connectivity index (χ4n) is 3.54. The third kappa shape index (κ3) is 6.30. The fraction of sp³-hybridized carbons (Fsp3) is 0.192. The summed E-state index contributed by atoms with van der Waals surface area (Å²) in [6, 6.07) is 16.8. The van der Waals surface area contributed by atoms with Crippen LogP contribution in [-0.2, 0) is 23.8 Å². The van der Waals surface area contributed by atoms with Gasteiger partial charge in [0, 0.05) is 27.8 Å². The lowest BCUT2D eigenvalue weighted by Gasteiger charge is -2.10. The molecule has 2 aromatic carbocycles. The smallest absolute Gasteiger partial charge is 0.417 e. The molecular weight excluding hydrogens is 523 g/mol. The van der Waals surface area contributed by atoms with Crippen molar-refractivity contribution in [3.05, 3.63) is 82.9 Å². The molecule has 0 aliphatic rings. The molecule has 0 fully saturated rings. The number of aromatic carboxylic acids is 1. The second-order valence-electron chi connectivity index (χ2n) is 8.54. The maximum atomic E-state index is 13.0. The molecule has 4 rings (SSSR count). The molecule has 0 amide bonds. The van der Waals surface area contributed by atoms with Gasteiger partial charge >= 0.3 is 12.1 Å². The Bertz CT molecular complexity index is 1390. The molecule has 11 heteroatoms. The summed E-state index contributed by atoms with van der Waals surface area (Å²) in [5.74, 6) is -1.48. The first-order chi connectivity index (χ1) is 17.5. The summed E-state index contributed by atoms with van der Waals surface area (Å²) in [5, 5.41) is 12.5. The molecule has 0 saturated carbocycles. The Hall–Kier alpha value is -3.41. The van der Waals surface area contributed by atoms with Gasteiger partial charge in [0.15, 0.2) is 14.9 Å². The van der Waals surface area contributed by atoms with Crippen molar-refractivity contribution < 1.29 is 27.6 Å². The molecule has 6 nitrogen and oxygen atoms in total. The highest BCUT2D eigenvalue weighted by atomic mass is 32.2. The van der Waals surface area contributed by atoms with Crippen LogP contribution in [0.25, 0.3) is 11.3 Å². The molecule has 2 aromatic heterocycles. The van der Waals surface area contributed by atoms with E-state index >= 15 is 0 Å². The Morgan fingerprint density at radius 2 is 1.76 bits per heavy atom. The number of nitrogens with zero attached hydrogens (tertiary/aromatic N) is 2. The van der Waals surface area contributed by atoms with Gasteiger partial charge in [0.2, 0.25) is 0 Å². The summed E-state index contributed by atoms with van der Waals surface area (Å²) in [5.41, 5.74) is -0.330. The van der Waals surface area contributed by atoms with Gasteiger partial charge in [-0.05, 0) is 54.8 Å². The second-order valence-corrected chi connectivity index (χ2v) is 11.1. The largest absolute Gasteiger partial charge is 0.606 e. The van der Waals surface area contributed by atoms with E-state index in [4.69, 9.17) is 0 Å². The standard InChI is InChI=1S/C26H22F3N3O3S2/c1-15(2)12-21-22(16-8-10-19(11-9-16)37(35)18-6-4-3-5-7-18)31-25(36-21)32-23-20(24(33)34)13-17(14-30-23)26(27,28)29/h3-11,13-15H,12H2,1-2H3,(H,33,34)(H,30,31,32). The molecule has 0 saturated heterocycles. The normalized spacial score (nSPS) is 12.5. The zero-order valence-electron chi connectivity index (χ0n) is 19.7. The van der Waals surface area contributed by atoms with Crippen LogP contribution in [-0.4, -0.2) is 25.6 Å². The fourth-order valence-corrected chi connectivity index (χ4v) is 5.79. The van der Waals surface area contributed by atoms with Crippen LogP contribution >= 0.6 is 11.3 Å². The molecular formula is C26H22F3N3O3S2. The van der Waals surface area contributed by atoms with Gasteiger partial charge in [-0.3, -0.25) is 0 Å². The number of hydrogen-bond donors (Lipinski definition) is 2. The van der Waals surface area contributed by atoms with Gasteiger partial charge in [-0.2, -0.15) is 13.2 Å². The lowest BCUT2D eigenvalue weighted by molar-refractivity contribution is -0.137. The Morgan fingerprint density at radius 3 is 2.35 bits per heavy atom. The number of carboxylic acids is 1. The molecule has 0 spiro atoms. The Balaban J connectivity index is 1.66. The predicted octanol–water partition coefficient (Wildman–Crippen LogP) is 7.03. The van der Waals surface area contributed by atoms with Crippen molar-refractivity contribution in [2.45, 2.75) is 36.2 Å². The van der Waals surface area contributed by atoms with Crippen LogP contribution in [0.2, 0.25) is 0 Å². The third-order valence-electron chi connectivity index (χ3n) is 5.26. The molecule has 4 aromatic rings. The van der Waals surface area contributed by atoms with Gasteiger partial charge in [-0.25, -0.2) is 14.8 Å². The zero-order chi connectivity index (χ0) is 26.7. The number of aromatic nitrogens is 2. The molecule has 0 bridgehead atoms. The molecule has 1 unspecified atom stereocenters. The van der Waals surface area contributed by atoms with Crippen molar-refractivity contribution in [2.75, 3.05) is 5.32 Å². The van der Waals surface area contributed by atoms with Gasteiger partial charge in [-0.1, -0.05) is 32.0 Å². The van der Waals surface area contributed by atoms with Crippen molar-refractivity contribution >= 4 is 39.4 Å². The highest BCUT2D eigenvalue weighted by molar-refractivity contribution is 7.91. The quantitative estimate of drug-likeness (QED) is 0.231. The van der Waals surface area contributed by atoms with Gasteiger partial charge in [0.05, 0.1) is 11.3 Å². The number of halogens is 3. The number of alkyl halides is 3. The van der Waals surface area contributed by atoms with E-state index in [9.17, 15) is 27.6 Å². The number of carbonyl (C=O) groups is 1. The molecule has 0 aliphatic carbocycles. The van der Waals surface area contributed by atoms with E-state index in [1.807, 2.05) is 44.2 Å². The number of hydrogen-bond acceptors (Lipinski definition) is 6. The summed E-state index contributed by atoms with van der Waals surface area (Å²) in [6.45, 7) is 4.09. The minimum atomic E-state index is -4.72. The SMILES string of the molecule is CC(C)Cc1sc(Nc2ncc(C(F)(F)F)cc2C(=O)O)nc1-c1ccc([S+]([O-])c2ccccc2)cc1. The number of benzene rings is 2. The first kappa shape index (κ1) is 26.6. The molecule has 192 valence electrons. The summed E-state index contributed by atoms with van der Waals surface area (Å²) in [7, 11) is 0. The van der Waals surface area contributed by atoms with E-state index in [-0.39, 0.29) is 11.7 Å². The van der Waals surface area contributed by atoms with E-state index in [1.165, 1.54) is 11.3 Å². The number of nitrogens with one attached hydrogen (secondary N) is 1. The molecule has 37 heavy (non-hydrogen) atoms. The van der Waals surface area contributed by atoms with E-state index in [2.05, 4.69) is 15.3 Å². The zero-order valence-corrected chi connectivity index (χ0v) is 21.4. The van der Waals surface area contributed by atoms with E-state index < -0.39 is 34.4 Å². The summed E-state index contributed by atoms with van der Waals surface area (Å²) in [6.07, 6.45) is -3.45. The van der Waals surface area contributed by atoms with Crippen LogP contribution in [0.1, 0.15) is 34.6 Å². The minimum Gasteiger partial charge on any atom is -0.606 e. The van der Waals surface area contributed by atoms with Crippen molar-refractivity contribution in [1.29, 1.82) is 0 Å². The van der Waals surface area contributed by atoms with Crippen LogP contribution in [0.4, 0.5) is 24.1 Å². The molecule has 2 N–H and O–H groups in total. The van der Waals surface area contributed by atoms with Crippen LogP contribution < -0.4 is 5.32 Å². The highest BCUT2D eigenvalue weighted by Gasteiger charge is 2.33. The summed E-state index contributed by atoms with van der Waals surface area (Å²) < 4.78 is 52.0. The predicted molar refractivity (Wildman–Crippen MR) is 137 cm³/mol. The maximum Gasteiger partial charge on any atom is 0.417 e. The van der Waals surface area contributed by atoms with Gasteiger partial charge in [0.1, 0.15) is 11.4 Å². The average Bonchev–Trinajstić information content (AvgIpc) is 3.24. The summed E-state index contributed by atoms with van der Waals surface area (Å²) in [4.78, 5) is 22.2. The van der Waals surface area contributed by atoms with Crippen molar-refractivity contribution in [3.8, 4) is 11.3 Å². The Labute approximate surface area is 218 Å². The molecule has 1 atom stereocenters. The molecule has 2 heterocycles. The lowest BCUT2D eigenvalue weighted by atomic mass is 10.1. The maximum absolute atomic E-state index is 13.0. The van der Waals surface area contributed by atoms with Crippen LogP contribution in [0, 0.1) is 5.92 Å². The van der Waals surface area contributed by atoms with Gasteiger partial charge in [-0.15, -0.1) is 11.3 Å². The summed E-state index contributed by atoms with van der Waals surface area (Å²) >= 11 is -0.0593. The van der Waals surface area contributed by atoms with Gasteiger partial charge in [0.25, 0.3) is 0 Å². The Morgan fingerprint density at radius 1 is 1.11 bits per heavy atom. The monoisotopic (exact) mass is 545 g/mol. The molecule has 0 radical (unpaired) electrons. The highest BCUT2D eigenvalue weighted by Crippen LogP contribution is 2.36. The van der Waals surface area contributed by atoms with Crippen LogP contribution in [0.3, 0.4) is 0 Å². The van der Waals surface area contributed by atoms with Crippen LogP contribution in [0.15, 0.2) is 76.7 Å². The topological polar surface area (TPSA) is 98.2 Å². The van der Waals surface area contributed by atoms with E-state index in [1.54, 1.807) is 24.3 Å². The number of thiazole rings is 1. The number of carboxylic acid groups (broad SMARTS) is 1. The van der Waals surface area contributed by atoms with E-state index in [0.717, 1.165) is 10.4 Å². The Kier molecular flexibility index (Phi) is 7.86. The van der Waals surface area contributed by atoms with Crippen molar-refractivity contribution in [2.24, 2.45) is 5.92 Å². The number of pyridine rings is 1. The first-order valence-corrected chi connectivity index (χ1v) is 13.1. The lowest BCUT2D eigenvalue weighted by Crippen LogP contribution is -2.11. The number of rotatable bonds is 8. The van der Waals surface area contributed by atoms with Crippen molar-refractivity contribution in [1.82, 2.24) is 9.97 Å².